The fourth-order valence-electron chi connectivity index (χ4n) is 1.96. The Morgan fingerprint density at radius 2 is 1.94 bits per heavy atom. The molecule has 0 radical (unpaired) electrons. The molecule has 0 fully saturated rings. The molecule has 3 rings (SSSR count). The monoisotopic (exact) mass is 233 g/mol. The molecule has 0 aliphatic carbocycles. The first-order valence-corrected chi connectivity index (χ1v) is 5.52. The Kier molecular flexibility index (Phi) is 3.34. The van der Waals surface area contributed by atoms with Gasteiger partial charge < -0.3 is 10.8 Å². The topological polar surface area (TPSA) is 87.1 Å². The molecule has 0 saturated heterocycles. The van der Waals surface area contributed by atoms with Crippen molar-refractivity contribution in [1.29, 1.82) is 0 Å². The van der Waals surface area contributed by atoms with E-state index in [1.54, 1.807) is 12.4 Å². The summed E-state index contributed by atoms with van der Waals surface area (Å²) in [5.74, 6) is 1.80. The molecule has 0 aromatic carbocycles. The van der Waals surface area contributed by atoms with Crippen LogP contribution < -0.4 is 5.32 Å². The molecule has 1 aliphatic rings. The van der Waals surface area contributed by atoms with E-state index in [-0.39, 0.29) is 5.48 Å². The third kappa shape index (κ3) is 2.12. The summed E-state index contributed by atoms with van der Waals surface area (Å²) in [6.45, 7) is 1.96. The average Bonchev–Trinajstić information content (AvgIpc) is 2.60. The molecule has 6 nitrogen and oxygen atoms in total. The summed E-state index contributed by atoms with van der Waals surface area (Å²) in [5.41, 5.74) is 1.07. The van der Waals surface area contributed by atoms with Gasteiger partial charge in [-0.2, -0.15) is 0 Å². The minimum atomic E-state index is 0. The van der Waals surface area contributed by atoms with Crippen LogP contribution in [0, 0.1) is 0 Å². The largest absolute Gasteiger partial charge is 0.412 e. The quantitative estimate of drug-likeness (QED) is 0.786. The Morgan fingerprint density at radius 3 is 2.76 bits per heavy atom. The smallest absolute Gasteiger partial charge is 0.224 e. The Bertz CT molecular complexity index is 482. The molecule has 3 N–H and O–H groups in total. The van der Waals surface area contributed by atoms with Crippen molar-refractivity contribution in [3.05, 3.63) is 24.5 Å². The van der Waals surface area contributed by atoms with E-state index in [9.17, 15) is 0 Å². The third-order valence-electron chi connectivity index (χ3n) is 2.78. The molecule has 6 heteroatoms. The lowest BCUT2D eigenvalue weighted by Crippen LogP contribution is -2.04. The maximum Gasteiger partial charge on any atom is 0.224 e. The summed E-state index contributed by atoms with van der Waals surface area (Å²) >= 11 is 0. The molecular formula is C11H15N5O. The second-order valence-electron chi connectivity index (χ2n) is 3.87. The van der Waals surface area contributed by atoms with Gasteiger partial charge in [-0.1, -0.05) is 0 Å². The number of pyridine rings is 1. The van der Waals surface area contributed by atoms with Crippen LogP contribution >= 0.6 is 0 Å². The molecule has 2 aromatic heterocycles. The lowest BCUT2D eigenvalue weighted by Gasteiger charge is -2.05. The minimum Gasteiger partial charge on any atom is -0.412 e. The van der Waals surface area contributed by atoms with E-state index in [1.165, 1.54) is 6.42 Å². The summed E-state index contributed by atoms with van der Waals surface area (Å²) in [5, 5.41) is 11.7. The van der Waals surface area contributed by atoms with Gasteiger partial charge >= 0.3 is 0 Å². The van der Waals surface area contributed by atoms with Crippen LogP contribution in [0.4, 0.5) is 5.95 Å². The highest BCUT2D eigenvalue weighted by molar-refractivity contribution is 5.56. The number of rotatable bonds is 1. The van der Waals surface area contributed by atoms with Gasteiger partial charge in [0.1, 0.15) is 0 Å². The van der Waals surface area contributed by atoms with Crippen molar-refractivity contribution in [1.82, 2.24) is 19.7 Å². The molecule has 90 valence electrons. The van der Waals surface area contributed by atoms with Crippen LogP contribution in [-0.2, 0) is 6.54 Å². The van der Waals surface area contributed by atoms with Crippen LogP contribution in [0.5, 0.6) is 0 Å². The first kappa shape index (κ1) is 11.5. The Labute approximate surface area is 99.0 Å². The third-order valence-corrected chi connectivity index (χ3v) is 2.78. The molecule has 0 saturated carbocycles. The van der Waals surface area contributed by atoms with Crippen molar-refractivity contribution < 1.29 is 5.48 Å². The fourth-order valence-corrected chi connectivity index (χ4v) is 1.96. The van der Waals surface area contributed by atoms with E-state index in [0.29, 0.717) is 0 Å². The lowest BCUT2D eigenvalue weighted by molar-refractivity contribution is 0.657. The van der Waals surface area contributed by atoms with Gasteiger partial charge in [0.25, 0.3) is 0 Å². The van der Waals surface area contributed by atoms with Gasteiger partial charge in [-0.05, 0) is 25.0 Å². The highest BCUT2D eigenvalue weighted by Gasteiger charge is 2.14. The van der Waals surface area contributed by atoms with Crippen molar-refractivity contribution in [2.45, 2.75) is 19.4 Å². The second kappa shape index (κ2) is 4.92. The van der Waals surface area contributed by atoms with E-state index >= 15 is 0 Å². The first-order valence-electron chi connectivity index (χ1n) is 5.52. The van der Waals surface area contributed by atoms with E-state index in [4.69, 9.17) is 0 Å². The SMILES string of the molecule is O.c1cc(-c2nnc3n2CCCCN3)ccn1. The zero-order chi connectivity index (χ0) is 10.8. The summed E-state index contributed by atoms with van der Waals surface area (Å²) < 4.78 is 2.14. The van der Waals surface area contributed by atoms with Crippen molar-refractivity contribution >= 4 is 5.95 Å². The van der Waals surface area contributed by atoms with E-state index in [2.05, 4.69) is 25.1 Å². The summed E-state index contributed by atoms with van der Waals surface area (Å²) in [7, 11) is 0. The second-order valence-corrected chi connectivity index (χ2v) is 3.87. The molecule has 0 bridgehead atoms. The van der Waals surface area contributed by atoms with Crippen LogP contribution in [0.15, 0.2) is 24.5 Å². The fraction of sp³-hybridized carbons (Fsp3) is 0.364. The first-order chi connectivity index (χ1) is 7.95. The van der Waals surface area contributed by atoms with Crippen LogP contribution in [0.1, 0.15) is 12.8 Å². The van der Waals surface area contributed by atoms with E-state index < -0.39 is 0 Å². The highest BCUT2D eigenvalue weighted by atomic mass is 16.0. The zero-order valence-electron chi connectivity index (χ0n) is 9.43. The molecule has 2 aromatic rings. The van der Waals surface area contributed by atoms with E-state index in [0.717, 1.165) is 36.8 Å². The predicted molar refractivity (Wildman–Crippen MR) is 64.6 cm³/mol. The van der Waals surface area contributed by atoms with Crippen LogP contribution in [0.25, 0.3) is 11.4 Å². The van der Waals surface area contributed by atoms with Crippen molar-refractivity contribution in [2.75, 3.05) is 11.9 Å². The molecule has 3 heterocycles. The maximum atomic E-state index is 4.23. The zero-order valence-corrected chi connectivity index (χ0v) is 9.43. The summed E-state index contributed by atoms with van der Waals surface area (Å²) in [4.78, 5) is 4.01. The van der Waals surface area contributed by atoms with Crippen molar-refractivity contribution in [3.63, 3.8) is 0 Å². The predicted octanol–water partition coefficient (Wildman–Crippen LogP) is 0.721. The number of aromatic nitrogens is 4. The van der Waals surface area contributed by atoms with Gasteiger partial charge in [-0.25, -0.2) is 0 Å². The number of nitrogens with zero attached hydrogens (tertiary/aromatic N) is 4. The molecule has 0 amide bonds. The molecule has 0 spiro atoms. The van der Waals surface area contributed by atoms with Gasteiger partial charge in [0.2, 0.25) is 5.95 Å². The summed E-state index contributed by atoms with van der Waals surface area (Å²) in [6, 6.07) is 3.92. The maximum absolute atomic E-state index is 4.23. The number of hydrogen-bond acceptors (Lipinski definition) is 4. The highest BCUT2D eigenvalue weighted by Crippen LogP contribution is 2.21. The number of hydrogen-bond donors (Lipinski definition) is 1. The molecular weight excluding hydrogens is 218 g/mol. The standard InChI is InChI=1S/C11H13N5.H2O/c1-2-8-16-10(9-3-6-12-7-4-9)14-15-11(16)13-5-1;/h3-4,6-7H,1-2,5,8H2,(H,13,15);1H2. The number of nitrogens with one attached hydrogen (secondary N) is 1. The molecule has 0 atom stereocenters. The summed E-state index contributed by atoms with van der Waals surface area (Å²) in [6.07, 6.45) is 5.90. The van der Waals surface area contributed by atoms with Gasteiger partial charge in [0, 0.05) is 31.0 Å². The van der Waals surface area contributed by atoms with Gasteiger partial charge in [0.15, 0.2) is 5.82 Å². The van der Waals surface area contributed by atoms with Crippen molar-refractivity contribution in [2.24, 2.45) is 0 Å². The molecule has 17 heavy (non-hydrogen) atoms. The van der Waals surface area contributed by atoms with Gasteiger partial charge in [0.05, 0.1) is 0 Å². The van der Waals surface area contributed by atoms with Crippen LogP contribution in [0.3, 0.4) is 0 Å². The number of fused-ring (bicyclic) bond motifs is 1. The Hall–Kier alpha value is -1.95. The van der Waals surface area contributed by atoms with Gasteiger partial charge in [-0.15, -0.1) is 10.2 Å². The Balaban J connectivity index is 0.00000108. The molecule has 0 unspecified atom stereocenters. The molecule has 1 aliphatic heterocycles. The number of anilines is 1. The van der Waals surface area contributed by atoms with Gasteiger partial charge in [-0.3, -0.25) is 9.55 Å². The normalized spacial score (nSPS) is 14.1. The average molecular weight is 233 g/mol. The van der Waals surface area contributed by atoms with Crippen molar-refractivity contribution in [3.8, 4) is 11.4 Å². The van der Waals surface area contributed by atoms with E-state index in [1.807, 2.05) is 12.1 Å². The lowest BCUT2D eigenvalue weighted by atomic mass is 10.2. The Morgan fingerprint density at radius 1 is 1.12 bits per heavy atom. The van der Waals surface area contributed by atoms with Crippen LogP contribution in [0.2, 0.25) is 0 Å². The van der Waals surface area contributed by atoms with Crippen LogP contribution in [-0.4, -0.2) is 31.8 Å². The minimum absolute atomic E-state index is 0.